The van der Waals surface area contributed by atoms with Crippen molar-refractivity contribution in [3.8, 4) is 11.1 Å². The Morgan fingerprint density at radius 1 is 0.811 bits per heavy atom. The first-order valence-corrected chi connectivity index (χ1v) is 17.6. The van der Waals surface area contributed by atoms with Crippen LogP contribution in [0.15, 0.2) is 72.8 Å². The number of hydrogen-bond donors (Lipinski definition) is 2. The molecular weight excluding hydrogens is 699 g/mol. The van der Waals surface area contributed by atoms with Crippen LogP contribution in [0.3, 0.4) is 0 Å². The Balaban J connectivity index is 1.09. The fraction of sp³-hybridized carbons (Fsp3) is 0.375. The number of benzene rings is 4. The van der Waals surface area contributed by atoms with E-state index in [9.17, 15) is 31.9 Å². The van der Waals surface area contributed by atoms with Crippen LogP contribution in [-0.2, 0) is 32.1 Å². The zero-order valence-electron chi connectivity index (χ0n) is 28.9. The Kier molecular flexibility index (Phi) is 10.9. The molecule has 8 nitrogen and oxygen atoms in total. The van der Waals surface area contributed by atoms with Gasteiger partial charge in [-0.15, -0.1) is 0 Å². The lowest BCUT2D eigenvalue weighted by molar-refractivity contribution is -0.278. The molecule has 1 amide bonds. The second-order valence-corrected chi connectivity index (χ2v) is 13.6. The monoisotopic (exact) mass is 738 g/mol. The molecule has 53 heavy (non-hydrogen) atoms. The summed E-state index contributed by atoms with van der Waals surface area (Å²) in [7, 11) is 0. The number of piperidine rings is 1. The minimum absolute atomic E-state index is 0.00713. The molecule has 0 aromatic heterocycles. The van der Waals surface area contributed by atoms with Gasteiger partial charge in [0.2, 0.25) is 5.82 Å². The van der Waals surface area contributed by atoms with Crippen LogP contribution < -0.4 is 5.32 Å². The lowest BCUT2D eigenvalue weighted by Crippen LogP contribution is -2.50. The van der Waals surface area contributed by atoms with Gasteiger partial charge in [0, 0.05) is 50.5 Å². The quantitative estimate of drug-likeness (QED) is 0.108. The molecule has 1 spiro atoms. The summed E-state index contributed by atoms with van der Waals surface area (Å²) in [5.74, 6) is -13.1. The average molecular weight is 739 g/mol. The Morgan fingerprint density at radius 3 is 2.06 bits per heavy atom. The zero-order chi connectivity index (χ0) is 37.3. The van der Waals surface area contributed by atoms with Crippen LogP contribution in [0.5, 0.6) is 0 Å². The summed E-state index contributed by atoms with van der Waals surface area (Å²) >= 11 is 0. The number of ether oxygens (including phenoxy) is 4. The van der Waals surface area contributed by atoms with Crippen LogP contribution in [-0.4, -0.2) is 60.7 Å². The van der Waals surface area contributed by atoms with Gasteiger partial charge in [-0.3, -0.25) is 4.79 Å². The second kappa shape index (κ2) is 15.6. The lowest BCUT2D eigenvalue weighted by Gasteiger charge is -2.44. The van der Waals surface area contributed by atoms with Crippen molar-refractivity contribution in [2.45, 2.75) is 57.2 Å². The third kappa shape index (κ3) is 7.59. The third-order valence-electron chi connectivity index (χ3n) is 10.4. The molecule has 13 heteroatoms. The molecule has 4 atom stereocenters. The number of nitrogens with one attached hydrogen (secondary N) is 1. The van der Waals surface area contributed by atoms with E-state index in [0.29, 0.717) is 30.9 Å². The number of likely N-dealkylation sites (tertiary alicyclic amines) is 1. The maximum atomic E-state index is 14.3. The van der Waals surface area contributed by atoms with Gasteiger partial charge in [0.1, 0.15) is 5.56 Å². The average Bonchev–Trinajstić information content (AvgIpc) is 3.65. The minimum Gasteiger partial charge on any atom is -0.392 e. The smallest absolute Gasteiger partial charge is 0.257 e. The van der Waals surface area contributed by atoms with Crippen molar-refractivity contribution in [3.63, 3.8) is 0 Å². The highest BCUT2D eigenvalue weighted by molar-refractivity contribution is 5.95. The molecule has 3 saturated heterocycles. The first kappa shape index (κ1) is 37.1. The number of amides is 1. The molecule has 4 aromatic carbocycles. The molecule has 0 saturated carbocycles. The Bertz CT molecular complexity index is 1900. The molecule has 3 heterocycles. The molecule has 280 valence electrons. The van der Waals surface area contributed by atoms with Gasteiger partial charge >= 0.3 is 0 Å². The SMILES string of the molecule is C[C@@H]1[C@H](CN2CCC3(CC2)OCCO3)O[C@H](c2ccc(-c3ccccc3CNC(=O)c3c(F)c(F)c(F)c(F)c3F)cc2)O[C@@H]1c1ccc(CO)cc1. The number of aliphatic hydroxyl groups is 1. The second-order valence-electron chi connectivity index (χ2n) is 13.6. The molecule has 0 unspecified atom stereocenters. The van der Waals surface area contributed by atoms with Gasteiger partial charge < -0.3 is 34.3 Å². The zero-order valence-corrected chi connectivity index (χ0v) is 28.9. The predicted molar refractivity (Wildman–Crippen MR) is 183 cm³/mol. The van der Waals surface area contributed by atoms with Crippen molar-refractivity contribution in [2.75, 3.05) is 32.8 Å². The van der Waals surface area contributed by atoms with E-state index in [4.69, 9.17) is 18.9 Å². The van der Waals surface area contributed by atoms with Gasteiger partial charge in [-0.2, -0.15) is 0 Å². The molecule has 3 aliphatic rings. The Hall–Kier alpha value is -4.24. The van der Waals surface area contributed by atoms with Gasteiger partial charge in [0.15, 0.2) is 35.3 Å². The van der Waals surface area contributed by atoms with E-state index >= 15 is 0 Å². The number of aliphatic hydroxyl groups excluding tert-OH is 1. The number of rotatable bonds is 9. The summed E-state index contributed by atoms with van der Waals surface area (Å²) in [6, 6.07) is 22.1. The van der Waals surface area contributed by atoms with Crippen LogP contribution in [0, 0.1) is 35.0 Å². The number of nitrogens with zero attached hydrogens (tertiary/aromatic N) is 1. The van der Waals surface area contributed by atoms with E-state index in [-0.39, 0.29) is 31.3 Å². The summed E-state index contributed by atoms with van der Waals surface area (Å²) in [5, 5.41) is 11.9. The summed E-state index contributed by atoms with van der Waals surface area (Å²) in [5.41, 5.74) is 2.95. The van der Waals surface area contributed by atoms with Gasteiger partial charge in [-0.1, -0.05) is 79.7 Å². The van der Waals surface area contributed by atoms with E-state index in [1.54, 1.807) is 24.3 Å². The molecule has 0 bridgehead atoms. The van der Waals surface area contributed by atoms with Gasteiger partial charge in [0.05, 0.1) is 32.0 Å². The highest BCUT2D eigenvalue weighted by Gasteiger charge is 2.43. The predicted octanol–water partition coefficient (Wildman–Crippen LogP) is 7.10. The van der Waals surface area contributed by atoms with E-state index < -0.39 is 52.6 Å². The number of carbonyl (C=O) groups is 1. The number of halogens is 5. The fourth-order valence-corrected chi connectivity index (χ4v) is 7.29. The molecular formula is C40H39F5N2O6. The highest BCUT2D eigenvalue weighted by atomic mass is 19.2. The molecule has 3 fully saturated rings. The van der Waals surface area contributed by atoms with E-state index in [1.165, 1.54) is 0 Å². The number of hydrogen-bond acceptors (Lipinski definition) is 7. The maximum Gasteiger partial charge on any atom is 0.257 e. The van der Waals surface area contributed by atoms with Gasteiger partial charge in [-0.05, 0) is 27.8 Å². The first-order valence-electron chi connectivity index (χ1n) is 17.6. The van der Waals surface area contributed by atoms with Crippen molar-refractivity contribution in [2.24, 2.45) is 5.92 Å². The van der Waals surface area contributed by atoms with Crippen molar-refractivity contribution in [1.82, 2.24) is 10.2 Å². The first-order chi connectivity index (χ1) is 25.6. The summed E-state index contributed by atoms with van der Waals surface area (Å²) in [4.78, 5) is 15.0. The fourth-order valence-electron chi connectivity index (χ4n) is 7.29. The standard InChI is InChI=1S/C40H39F5N2O6/c1-23-30(21-47-16-14-40(15-17-47)50-18-19-51-40)52-39(53-37(23)26-8-6-24(22-48)7-9-26)27-12-10-25(11-13-27)29-5-3-2-4-28(29)20-46-38(49)31-32(41)34(43)36(45)35(44)33(31)42/h2-13,23,30,37,39,48H,14-22H2,1H3,(H,46,49)/t23-,30+,37+,39+/m1/s1. The van der Waals surface area contributed by atoms with Crippen LogP contribution in [0.1, 0.15) is 64.8 Å². The van der Waals surface area contributed by atoms with Crippen molar-refractivity contribution in [1.29, 1.82) is 0 Å². The lowest BCUT2D eigenvalue weighted by atomic mass is 9.89. The minimum atomic E-state index is -2.34. The maximum absolute atomic E-state index is 14.3. The summed E-state index contributed by atoms with van der Waals surface area (Å²) in [6.07, 6.45) is 0.373. The van der Waals surface area contributed by atoms with E-state index in [1.807, 2.05) is 48.5 Å². The van der Waals surface area contributed by atoms with Gasteiger partial charge in [0.25, 0.3) is 5.91 Å². The van der Waals surface area contributed by atoms with E-state index in [2.05, 4.69) is 17.1 Å². The third-order valence-corrected chi connectivity index (χ3v) is 10.4. The molecule has 3 aliphatic heterocycles. The van der Waals surface area contributed by atoms with Crippen molar-refractivity contribution < 1.29 is 50.8 Å². The Labute approximate surface area is 303 Å². The summed E-state index contributed by atoms with van der Waals surface area (Å²) in [6.45, 7) is 5.33. The largest absolute Gasteiger partial charge is 0.392 e. The van der Waals surface area contributed by atoms with E-state index in [0.717, 1.165) is 48.2 Å². The van der Waals surface area contributed by atoms with Gasteiger partial charge in [-0.25, -0.2) is 22.0 Å². The van der Waals surface area contributed by atoms with Crippen LogP contribution in [0.25, 0.3) is 11.1 Å². The molecule has 0 radical (unpaired) electrons. The van der Waals surface area contributed by atoms with Crippen LogP contribution in [0.2, 0.25) is 0 Å². The van der Waals surface area contributed by atoms with Crippen LogP contribution in [0.4, 0.5) is 22.0 Å². The topological polar surface area (TPSA) is 89.5 Å². The normalized spacial score (nSPS) is 23.0. The molecule has 4 aromatic rings. The molecule has 2 N–H and O–H groups in total. The molecule has 7 rings (SSSR count). The Morgan fingerprint density at radius 2 is 1.42 bits per heavy atom. The van der Waals surface area contributed by atoms with Crippen molar-refractivity contribution >= 4 is 5.91 Å². The highest BCUT2D eigenvalue weighted by Crippen LogP contribution is 2.43. The molecule has 0 aliphatic carbocycles. The number of carbonyl (C=O) groups excluding carboxylic acids is 1. The summed E-state index contributed by atoms with van der Waals surface area (Å²) < 4.78 is 94.6. The van der Waals surface area contributed by atoms with Crippen LogP contribution >= 0.6 is 0 Å². The van der Waals surface area contributed by atoms with Crippen molar-refractivity contribution in [3.05, 3.63) is 130 Å².